The van der Waals surface area contributed by atoms with Crippen LogP contribution in [0.25, 0.3) is 0 Å². The van der Waals surface area contributed by atoms with Crippen molar-refractivity contribution >= 4 is 0 Å². The molecular formula is C11H24N2. The Balaban J connectivity index is 2.40. The minimum atomic E-state index is 0.745. The SMILES string of the molecule is CC(C)CN1CC(CN)CCC1C. The highest BCUT2D eigenvalue weighted by molar-refractivity contribution is 4.79. The summed E-state index contributed by atoms with van der Waals surface area (Å²) in [6, 6.07) is 0.769. The summed E-state index contributed by atoms with van der Waals surface area (Å²) >= 11 is 0. The molecule has 2 unspecified atom stereocenters. The van der Waals surface area contributed by atoms with Crippen molar-refractivity contribution in [2.45, 2.75) is 39.7 Å². The summed E-state index contributed by atoms with van der Waals surface area (Å²) < 4.78 is 0. The average molecular weight is 184 g/mol. The molecule has 1 heterocycles. The first-order chi connectivity index (χ1) is 6.13. The van der Waals surface area contributed by atoms with Crippen molar-refractivity contribution in [3.63, 3.8) is 0 Å². The van der Waals surface area contributed by atoms with Crippen molar-refractivity contribution in [2.24, 2.45) is 17.6 Å². The van der Waals surface area contributed by atoms with Gasteiger partial charge in [0.1, 0.15) is 0 Å². The third kappa shape index (κ3) is 3.28. The van der Waals surface area contributed by atoms with Crippen LogP contribution in [0, 0.1) is 11.8 Å². The van der Waals surface area contributed by atoms with Crippen LogP contribution in [-0.4, -0.2) is 30.6 Å². The predicted molar refractivity (Wildman–Crippen MR) is 57.7 cm³/mol. The largest absolute Gasteiger partial charge is 0.330 e. The Morgan fingerprint density at radius 3 is 2.62 bits per heavy atom. The second-order valence-electron chi connectivity index (χ2n) is 4.88. The molecule has 2 atom stereocenters. The van der Waals surface area contributed by atoms with Crippen LogP contribution in [0.1, 0.15) is 33.6 Å². The molecule has 0 spiro atoms. The lowest BCUT2D eigenvalue weighted by molar-refractivity contribution is 0.107. The van der Waals surface area contributed by atoms with E-state index in [2.05, 4.69) is 25.7 Å². The molecule has 78 valence electrons. The third-order valence-electron chi connectivity index (χ3n) is 3.04. The summed E-state index contributed by atoms with van der Waals surface area (Å²) in [4.78, 5) is 2.60. The van der Waals surface area contributed by atoms with Crippen molar-refractivity contribution in [1.29, 1.82) is 0 Å². The fraction of sp³-hybridized carbons (Fsp3) is 1.00. The molecule has 0 aliphatic carbocycles. The van der Waals surface area contributed by atoms with E-state index in [1.807, 2.05) is 0 Å². The maximum Gasteiger partial charge on any atom is 0.00672 e. The van der Waals surface area contributed by atoms with Gasteiger partial charge in [-0.1, -0.05) is 13.8 Å². The first kappa shape index (κ1) is 11.0. The van der Waals surface area contributed by atoms with Crippen molar-refractivity contribution in [3.8, 4) is 0 Å². The molecule has 1 rings (SSSR count). The molecule has 2 nitrogen and oxygen atoms in total. The average Bonchev–Trinajstić information content (AvgIpc) is 2.08. The standard InChI is InChI=1S/C11H24N2/c1-9(2)7-13-8-11(6-12)5-4-10(13)3/h9-11H,4-8,12H2,1-3H3. The van der Waals surface area contributed by atoms with Gasteiger partial charge in [-0.3, -0.25) is 0 Å². The zero-order valence-corrected chi connectivity index (χ0v) is 9.29. The summed E-state index contributed by atoms with van der Waals surface area (Å²) in [5.41, 5.74) is 5.72. The highest BCUT2D eigenvalue weighted by Gasteiger charge is 2.24. The Hall–Kier alpha value is -0.0800. The summed E-state index contributed by atoms with van der Waals surface area (Å²) in [5.74, 6) is 1.52. The number of nitrogens with zero attached hydrogens (tertiary/aromatic N) is 1. The third-order valence-corrected chi connectivity index (χ3v) is 3.04. The van der Waals surface area contributed by atoms with Gasteiger partial charge < -0.3 is 10.6 Å². The molecular weight excluding hydrogens is 160 g/mol. The second-order valence-corrected chi connectivity index (χ2v) is 4.88. The number of nitrogens with two attached hydrogens (primary N) is 1. The summed E-state index contributed by atoms with van der Waals surface area (Å²) in [6.45, 7) is 10.2. The van der Waals surface area contributed by atoms with Gasteiger partial charge in [0.2, 0.25) is 0 Å². The molecule has 0 aromatic heterocycles. The van der Waals surface area contributed by atoms with E-state index in [0.29, 0.717) is 0 Å². The molecule has 1 aliphatic rings. The predicted octanol–water partition coefficient (Wildman–Crippen LogP) is 1.70. The Labute approximate surface area is 82.5 Å². The molecule has 0 amide bonds. The first-order valence-corrected chi connectivity index (χ1v) is 5.57. The minimum Gasteiger partial charge on any atom is -0.330 e. The molecule has 0 aromatic rings. The zero-order chi connectivity index (χ0) is 9.84. The molecule has 0 saturated carbocycles. The van der Waals surface area contributed by atoms with Crippen LogP contribution < -0.4 is 5.73 Å². The monoisotopic (exact) mass is 184 g/mol. The molecule has 1 fully saturated rings. The van der Waals surface area contributed by atoms with E-state index in [0.717, 1.165) is 24.4 Å². The van der Waals surface area contributed by atoms with Crippen LogP contribution in [0.15, 0.2) is 0 Å². The highest BCUT2D eigenvalue weighted by Crippen LogP contribution is 2.21. The maximum atomic E-state index is 5.72. The van der Waals surface area contributed by atoms with E-state index in [1.54, 1.807) is 0 Å². The number of likely N-dealkylation sites (tertiary alicyclic amines) is 1. The summed E-state index contributed by atoms with van der Waals surface area (Å²) in [6.07, 6.45) is 2.65. The number of hydrogen-bond acceptors (Lipinski definition) is 2. The lowest BCUT2D eigenvalue weighted by atomic mass is 9.93. The van der Waals surface area contributed by atoms with Crippen molar-refractivity contribution in [2.75, 3.05) is 19.6 Å². The minimum absolute atomic E-state index is 0.745. The Morgan fingerprint density at radius 1 is 1.38 bits per heavy atom. The van der Waals surface area contributed by atoms with Gasteiger partial charge in [-0.15, -0.1) is 0 Å². The molecule has 1 saturated heterocycles. The van der Waals surface area contributed by atoms with Crippen LogP contribution in [-0.2, 0) is 0 Å². The van der Waals surface area contributed by atoms with E-state index < -0.39 is 0 Å². The van der Waals surface area contributed by atoms with Gasteiger partial charge in [-0.2, -0.15) is 0 Å². The van der Waals surface area contributed by atoms with Crippen LogP contribution in [0.2, 0.25) is 0 Å². The molecule has 2 heteroatoms. The fourth-order valence-corrected chi connectivity index (χ4v) is 2.18. The second kappa shape index (κ2) is 4.97. The maximum absolute atomic E-state index is 5.72. The quantitative estimate of drug-likeness (QED) is 0.723. The van der Waals surface area contributed by atoms with E-state index in [-0.39, 0.29) is 0 Å². The Bertz CT molecular complexity index is 145. The van der Waals surface area contributed by atoms with Crippen molar-refractivity contribution in [1.82, 2.24) is 4.90 Å². The van der Waals surface area contributed by atoms with Gasteiger partial charge in [0.15, 0.2) is 0 Å². The van der Waals surface area contributed by atoms with Gasteiger partial charge in [-0.05, 0) is 38.1 Å². The number of hydrogen-bond donors (Lipinski definition) is 1. The fourth-order valence-electron chi connectivity index (χ4n) is 2.18. The van der Waals surface area contributed by atoms with Crippen molar-refractivity contribution in [3.05, 3.63) is 0 Å². The van der Waals surface area contributed by atoms with E-state index in [9.17, 15) is 0 Å². The normalized spacial score (nSPS) is 31.2. The van der Waals surface area contributed by atoms with Gasteiger partial charge in [0, 0.05) is 19.1 Å². The zero-order valence-electron chi connectivity index (χ0n) is 9.29. The van der Waals surface area contributed by atoms with Gasteiger partial charge in [-0.25, -0.2) is 0 Å². The van der Waals surface area contributed by atoms with Crippen LogP contribution >= 0.6 is 0 Å². The summed E-state index contributed by atoms with van der Waals surface area (Å²) in [7, 11) is 0. The molecule has 2 N–H and O–H groups in total. The Kier molecular flexibility index (Phi) is 4.20. The number of piperidine rings is 1. The van der Waals surface area contributed by atoms with E-state index >= 15 is 0 Å². The lowest BCUT2D eigenvalue weighted by Gasteiger charge is -2.38. The van der Waals surface area contributed by atoms with Gasteiger partial charge in [0.25, 0.3) is 0 Å². The topological polar surface area (TPSA) is 29.3 Å². The van der Waals surface area contributed by atoms with Crippen molar-refractivity contribution < 1.29 is 0 Å². The van der Waals surface area contributed by atoms with Crippen LogP contribution in [0.5, 0.6) is 0 Å². The molecule has 0 aromatic carbocycles. The molecule has 0 bridgehead atoms. The van der Waals surface area contributed by atoms with Crippen LogP contribution in [0.3, 0.4) is 0 Å². The number of rotatable bonds is 3. The van der Waals surface area contributed by atoms with E-state index in [4.69, 9.17) is 5.73 Å². The van der Waals surface area contributed by atoms with E-state index in [1.165, 1.54) is 25.9 Å². The van der Waals surface area contributed by atoms with Crippen LogP contribution in [0.4, 0.5) is 0 Å². The molecule has 1 aliphatic heterocycles. The Morgan fingerprint density at radius 2 is 2.08 bits per heavy atom. The molecule has 13 heavy (non-hydrogen) atoms. The smallest absolute Gasteiger partial charge is 0.00672 e. The molecule has 0 radical (unpaired) electrons. The highest BCUT2D eigenvalue weighted by atomic mass is 15.2. The lowest BCUT2D eigenvalue weighted by Crippen LogP contribution is -2.45. The van der Waals surface area contributed by atoms with Gasteiger partial charge in [0.05, 0.1) is 0 Å². The first-order valence-electron chi connectivity index (χ1n) is 5.57. The summed E-state index contributed by atoms with van der Waals surface area (Å²) in [5, 5.41) is 0. The van der Waals surface area contributed by atoms with Gasteiger partial charge >= 0.3 is 0 Å².